The summed E-state index contributed by atoms with van der Waals surface area (Å²) in [6.07, 6.45) is 1.28. The Bertz CT molecular complexity index is 1370. The van der Waals surface area contributed by atoms with Gasteiger partial charge in [0.15, 0.2) is 5.82 Å². The number of pyridine rings is 1. The number of halogens is 2. The van der Waals surface area contributed by atoms with Gasteiger partial charge in [-0.3, -0.25) is 13.8 Å². The van der Waals surface area contributed by atoms with Gasteiger partial charge in [0.2, 0.25) is 5.88 Å². The van der Waals surface area contributed by atoms with Crippen molar-refractivity contribution in [2.24, 2.45) is 5.92 Å². The minimum Gasteiger partial charge on any atom is -0.471 e. The average molecular weight is 564 g/mol. The van der Waals surface area contributed by atoms with Crippen LogP contribution in [0.15, 0.2) is 36.5 Å². The molecular formula is C25H27Cl2N5O4S. The first kappa shape index (κ1) is 27.1. The Morgan fingerprint density at radius 3 is 2.54 bits per heavy atom. The van der Waals surface area contributed by atoms with E-state index < -0.39 is 16.7 Å². The predicted molar refractivity (Wildman–Crippen MR) is 145 cm³/mol. The van der Waals surface area contributed by atoms with E-state index >= 15 is 0 Å². The lowest BCUT2D eigenvalue weighted by atomic mass is 10.0. The van der Waals surface area contributed by atoms with Crippen molar-refractivity contribution >= 4 is 51.5 Å². The van der Waals surface area contributed by atoms with Crippen molar-refractivity contribution in [3.63, 3.8) is 0 Å². The third-order valence-corrected chi connectivity index (χ3v) is 8.03. The number of rotatable bonds is 8. The zero-order valence-electron chi connectivity index (χ0n) is 20.7. The highest BCUT2D eigenvalue weighted by Gasteiger charge is 2.30. The molecule has 2 N–H and O–H groups in total. The van der Waals surface area contributed by atoms with Crippen LogP contribution in [-0.4, -0.2) is 54.4 Å². The number of benzene rings is 1. The normalized spacial score (nSPS) is 17.7. The van der Waals surface area contributed by atoms with E-state index in [0.29, 0.717) is 27.8 Å². The van der Waals surface area contributed by atoms with Gasteiger partial charge in [0.1, 0.15) is 11.8 Å². The molecule has 1 aromatic carbocycles. The molecule has 196 valence electrons. The molecule has 4 rings (SSSR count). The van der Waals surface area contributed by atoms with Gasteiger partial charge < -0.3 is 15.4 Å². The first-order valence-corrected chi connectivity index (χ1v) is 13.9. The van der Waals surface area contributed by atoms with Crippen molar-refractivity contribution in [3.05, 3.63) is 63.4 Å². The molecule has 0 bridgehead atoms. The third kappa shape index (κ3) is 6.14. The van der Waals surface area contributed by atoms with Gasteiger partial charge in [-0.25, -0.2) is 9.67 Å². The molecule has 37 heavy (non-hydrogen) atoms. The number of amides is 2. The maximum atomic E-state index is 13.6. The highest BCUT2D eigenvalue weighted by atomic mass is 35.5. The summed E-state index contributed by atoms with van der Waals surface area (Å²) < 4.78 is 18.6. The lowest BCUT2D eigenvalue weighted by Crippen LogP contribution is -2.41. The first-order valence-electron chi connectivity index (χ1n) is 11.7. The van der Waals surface area contributed by atoms with Crippen molar-refractivity contribution in [1.29, 1.82) is 0 Å². The quantitative estimate of drug-likeness (QED) is 0.419. The zero-order valence-corrected chi connectivity index (χ0v) is 23.1. The van der Waals surface area contributed by atoms with Crippen LogP contribution in [0.3, 0.4) is 0 Å². The molecule has 9 nitrogen and oxygen atoms in total. The summed E-state index contributed by atoms with van der Waals surface area (Å²) in [5.74, 6) is 0.503. The highest BCUT2D eigenvalue weighted by Crippen LogP contribution is 2.29. The summed E-state index contributed by atoms with van der Waals surface area (Å²) in [6, 6.07) is 7.85. The molecule has 1 unspecified atom stereocenters. The summed E-state index contributed by atoms with van der Waals surface area (Å²) in [5, 5.41) is 10.8. The molecule has 1 fully saturated rings. The van der Waals surface area contributed by atoms with Gasteiger partial charge in [-0.15, -0.1) is 5.10 Å². The fourth-order valence-electron chi connectivity index (χ4n) is 3.59. The number of hydrogen-bond donors (Lipinski definition) is 2. The largest absolute Gasteiger partial charge is 0.471 e. The monoisotopic (exact) mass is 563 g/mol. The Morgan fingerprint density at radius 1 is 1.16 bits per heavy atom. The molecule has 3 heterocycles. The lowest BCUT2D eigenvalue weighted by molar-refractivity contribution is 0.0931. The summed E-state index contributed by atoms with van der Waals surface area (Å²) in [4.78, 5) is 31.0. The molecule has 2 amide bonds. The Kier molecular flexibility index (Phi) is 8.20. The molecule has 3 aromatic rings. The van der Waals surface area contributed by atoms with E-state index in [9.17, 15) is 13.8 Å². The Hall–Kier alpha value is -2.95. The number of ether oxygens (including phenoxy) is 1. The maximum Gasteiger partial charge on any atom is 0.274 e. The van der Waals surface area contributed by atoms with Crippen molar-refractivity contribution in [2.75, 3.05) is 16.8 Å². The summed E-state index contributed by atoms with van der Waals surface area (Å²) in [5.41, 5.74) is 1.26. The van der Waals surface area contributed by atoms with Crippen molar-refractivity contribution < 1.29 is 18.5 Å². The van der Waals surface area contributed by atoms with Crippen molar-refractivity contribution in [3.8, 4) is 11.7 Å². The van der Waals surface area contributed by atoms with Crippen LogP contribution < -0.4 is 15.4 Å². The number of nitrogens with zero attached hydrogens (tertiary/aromatic N) is 3. The van der Waals surface area contributed by atoms with E-state index in [2.05, 4.69) is 20.7 Å². The van der Waals surface area contributed by atoms with E-state index in [1.165, 1.54) is 23.0 Å². The number of carbonyl (C=O) groups is 2. The number of carbonyl (C=O) groups excluding carboxylic acids is 2. The minimum atomic E-state index is -0.910. The van der Waals surface area contributed by atoms with Gasteiger partial charge in [-0.1, -0.05) is 37.0 Å². The summed E-state index contributed by atoms with van der Waals surface area (Å²) in [6.45, 7) is 7.66. The SMILES string of the molecule is Cc1cc(Cl)cc(C(=O)NC(C)C(C)C)c1NC(=O)c1cc(OC2CS(=O)C2)nn1-c1ncccc1Cl. The molecule has 0 spiro atoms. The van der Waals surface area contributed by atoms with Crippen molar-refractivity contribution in [2.45, 2.75) is 39.8 Å². The van der Waals surface area contributed by atoms with Crippen molar-refractivity contribution in [1.82, 2.24) is 20.1 Å². The van der Waals surface area contributed by atoms with Gasteiger partial charge in [-0.05, 0) is 49.6 Å². The Morgan fingerprint density at radius 2 is 1.89 bits per heavy atom. The number of aryl methyl sites for hydroxylation is 1. The lowest BCUT2D eigenvalue weighted by Gasteiger charge is -2.24. The van der Waals surface area contributed by atoms with Crippen LogP contribution in [0.25, 0.3) is 5.82 Å². The van der Waals surface area contributed by atoms with Crippen LogP contribution in [0.5, 0.6) is 5.88 Å². The van der Waals surface area contributed by atoms with Crippen LogP contribution in [0.1, 0.15) is 47.2 Å². The van der Waals surface area contributed by atoms with Gasteiger partial charge in [0.25, 0.3) is 11.8 Å². The van der Waals surface area contributed by atoms with Gasteiger partial charge in [0, 0.05) is 34.1 Å². The fraction of sp³-hybridized carbons (Fsp3) is 0.360. The molecule has 0 saturated carbocycles. The molecule has 0 radical (unpaired) electrons. The van der Waals surface area contributed by atoms with Gasteiger partial charge in [-0.2, -0.15) is 0 Å². The topological polar surface area (TPSA) is 115 Å². The summed E-state index contributed by atoms with van der Waals surface area (Å²) >= 11 is 12.6. The third-order valence-electron chi connectivity index (χ3n) is 6.03. The van der Waals surface area contributed by atoms with E-state index in [0.717, 1.165) is 0 Å². The zero-order chi connectivity index (χ0) is 26.9. The van der Waals surface area contributed by atoms with Crippen LogP contribution >= 0.6 is 23.2 Å². The molecule has 2 aromatic heterocycles. The van der Waals surface area contributed by atoms with Crippen LogP contribution in [0, 0.1) is 12.8 Å². The van der Waals surface area contributed by atoms with Gasteiger partial charge in [0.05, 0.1) is 27.8 Å². The molecule has 1 aliphatic rings. The van der Waals surface area contributed by atoms with E-state index in [4.69, 9.17) is 27.9 Å². The van der Waals surface area contributed by atoms with Crippen LogP contribution in [0.2, 0.25) is 10.0 Å². The number of hydrogen-bond acceptors (Lipinski definition) is 6. The second kappa shape index (κ2) is 11.2. The fourth-order valence-corrected chi connectivity index (χ4v) is 4.94. The predicted octanol–water partition coefficient (Wildman–Crippen LogP) is 4.42. The smallest absolute Gasteiger partial charge is 0.274 e. The number of aromatic nitrogens is 3. The van der Waals surface area contributed by atoms with E-state index in [-0.39, 0.29) is 51.9 Å². The standard InChI is InChI=1S/C25H27Cl2N5O4S/c1-13(2)15(4)29-24(33)18-9-16(26)8-14(3)22(18)30-25(34)20-10-21(36-17-11-37(35)12-17)31-32(20)23-19(27)6-5-7-28-23/h5-10,13,15,17H,11-12H2,1-4H3,(H,29,33)(H,30,34). The molecule has 12 heteroatoms. The highest BCUT2D eigenvalue weighted by molar-refractivity contribution is 7.86. The molecule has 1 saturated heterocycles. The minimum absolute atomic E-state index is 0.0901. The molecule has 0 aliphatic carbocycles. The van der Waals surface area contributed by atoms with Crippen LogP contribution in [-0.2, 0) is 10.8 Å². The van der Waals surface area contributed by atoms with E-state index in [1.807, 2.05) is 20.8 Å². The molecular weight excluding hydrogens is 537 g/mol. The Labute approximate surface area is 227 Å². The second-order valence-electron chi connectivity index (χ2n) is 9.21. The van der Waals surface area contributed by atoms with Crippen LogP contribution in [0.4, 0.5) is 5.69 Å². The first-order chi connectivity index (χ1) is 17.5. The van der Waals surface area contributed by atoms with E-state index in [1.54, 1.807) is 25.1 Å². The number of anilines is 1. The molecule has 1 aliphatic heterocycles. The average Bonchev–Trinajstić information content (AvgIpc) is 3.23. The second-order valence-corrected chi connectivity index (χ2v) is 11.6. The number of nitrogens with one attached hydrogen (secondary N) is 2. The maximum absolute atomic E-state index is 13.6. The summed E-state index contributed by atoms with van der Waals surface area (Å²) in [7, 11) is -0.910. The molecule has 1 atom stereocenters. The Balaban J connectivity index is 1.70. The van der Waals surface area contributed by atoms with Gasteiger partial charge >= 0.3 is 0 Å².